The highest BCUT2D eigenvalue weighted by Crippen LogP contribution is 2.29. The van der Waals surface area contributed by atoms with Gasteiger partial charge in [-0.25, -0.2) is 4.98 Å². The molecule has 0 spiro atoms. The van der Waals surface area contributed by atoms with E-state index < -0.39 is 0 Å². The second-order valence-electron chi connectivity index (χ2n) is 6.56. The first-order valence-corrected chi connectivity index (χ1v) is 8.01. The summed E-state index contributed by atoms with van der Waals surface area (Å²) in [6, 6.07) is 1.32. The number of aromatic nitrogens is 4. The molecule has 7 nitrogen and oxygen atoms in total. The first kappa shape index (κ1) is 13.9. The number of rotatable bonds is 3. The number of piperazine rings is 1. The normalized spacial score (nSPS) is 24.2. The van der Waals surface area contributed by atoms with Gasteiger partial charge in [0.05, 0.1) is 12.7 Å². The fourth-order valence-corrected chi connectivity index (χ4v) is 3.37. The molecule has 2 aromatic heterocycles. The molecule has 0 aromatic carbocycles. The lowest BCUT2D eigenvalue weighted by Crippen LogP contribution is -2.52. The third kappa shape index (κ3) is 2.44. The van der Waals surface area contributed by atoms with Crippen molar-refractivity contribution in [2.24, 2.45) is 7.05 Å². The predicted molar refractivity (Wildman–Crippen MR) is 83.6 cm³/mol. The Balaban J connectivity index is 1.53. The number of hydrogen-bond acceptors (Lipinski definition) is 5. The van der Waals surface area contributed by atoms with Crippen LogP contribution in [-0.2, 0) is 13.6 Å². The van der Waals surface area contributed by atoms with Crippen LogP contribution in [0.15, 0.2) is 11.0 Å². The Morgan fingerprint density at radius 1 is 1.36 bits per heavy atom. The lowest BCUT2D eigenvalue weighted by molar-refractivity contribution is 0.0710. The summed E-state index contributed by atoms with van der Waals surface area (Å²) in [5.41, 5.74) is 0.556. The quantitative estimate of drug-likeness (QED) is 0.884. The van der Waals surface area contributed by atoms with Crippen LogP contribution in [0.3, 0.4) is 0 Å². The van der Waals surface area contributed by atoms with Crippen molar-refractivity contribution in [3.8, 4) is 0 Å². The molecule has 1 saturated heterocycles. The van der Waals surface area contributed by atoms with Gasteiger partial charge in [-0.15, -0.1) is 0 Å². The van der Waals surface area contributed by atoms with Gasteiger partial charge >= 0.3 is 0 Å². The van der Waals surface area contributed by atoms with Crippen molar-refractivity contribution in [2.75, 3.05) is 19.6 Å². The van der Waals surface area contributed by atoms with Crippen LogP contribution < -0.4 is 5.56 Å². The van der Waals surface area contributed by atoms with E-state index in [0.29, 0.717) is 23.6 Å². The van der Waals surface area contributed by atoms with Gasteiger partial charge in [0, 0.05) is 38.8 Å². The summed E-state index contributed by atoms with van der Waals surface area (Å²) in [6.45, 7) is 6.21. The van der Waals surface area contributed by atoms with Crippen LogP contribution in [0.4, 0.5) is 0 Å². The number of nitrogens with one attached hydrogen (secondary N) is 1. The van der Waals surface area contributed by atoms with Crippen LogP contribution in [-0.4, -0.2) is 61.3 Å². The number of H-pyrrole nitrogens is 1. The summed E-state index contributed by atoms with van der Waals surface area (Å²) >= 11 is 0. The van der Waals surface area contributed by atoms with Gasteiger partial charge in [0.1, 0.15) is 11.2 Å². The molecule has 0 radical (unpaired) electrons. The molecule has 0 amide bonds. The van der Waals surface area contributed by atoms with Gasteiger partial charge in [-0.1, -0.05) is 0 Å². The van der Waals surface area contributed by atoms with E-state index in [1.807, 2.05) is 7.05 Å². The highest BCUT2D eigenvalue weighted by molar-refractivity contribution is 5.72. The lowest BCUT2D eigenvalue weighted by atomic mass is 10.2. The maximum atomic E-state index is 12.1. The molecule has 3 heterocycles. The zero-order valence-corrected chi connectivity index (χ0v) is 13.1. The van der Waals surface area contributed by atoms with E-state index in [2.05, 4.69) is 31.8 Å². The Hall–Kier alpha value is -1.73. The van der Waals surface area contributed by atoms with Crippen LogP contribution in [0.5, 0.6) is 0 Å². The molecule has 4 rings (SSSR count). The SMILES string of the molecule is CC1CN(C2CC2)CCN1Cc1nc2c(cnn2C)c(=O)[nH]1. The van der Waals surface area contributed by atoms with Crippen LogP contribution >= 0.6 is 0 Å². The minimum absolute atomic E-state index is 0.0997. The minimum atomic E-state index is -0.0997. The van der Waals surface area contributed by atoms with E-state index in [1.54, 1.807) is 10.9 Å². The molecule has 1 aliphatic heterocycles. The highest BCUT2D eigenvalue weighted by atomic mass is 16.1. The fourth-order valence-electron chi connectivity index (χ4n) is 3.37. The number of nitrogens with zero attached hydrogens (tertiary/aromatic N) is 5. The smallest absolute Gasteiger partial charge is 0.262 e. The molecule has 2 aliphatic rings. The molecule has 118 valence electrons. The van der Waals surface area contributed by atoms with Gasteiger partial charge in [-0.3, -0.25) is 19.3 Å². The van der Waals surface area contributed by atoms with Crippen LogP contribution in [0, 0.1) is 0 Å². The van der Waals surface area contributed by atoms with Crippen molar-refractivity contribution >= 4 is 11.0 Å². The molecule has 22 heavy (non-hydrogen) atoms. The Bertz CT molecular complexity index is 746. The largest absolute Gasteiger partial charge is 0.309 e. The van der Waals surface area contributed by atoms with Crippen molar-refractivity contribution in [3.05, 3.63) is 22.4 Å². The molecule has 2 fully saturated rings. The van der Waals surface area contributed by atoms with Crippen molar-refractivity contribution in [1.29, 1.82) is 0 Å². The van der Waals surface area contributed by atoms with Crippen molar-refractivity contribution in [2.45, 2.75) is 38.4 Å². The van der Waals surface area contributed by atoms with Crippen LogP contribution in [0.25, 0.3) is 11.0 Å². The fraction of sp³-hybridized carbons (Fsp3) is 0.667. The third-order valence-corrected chi connectivity index (χ3v) is 4.86. The monoisotopic (exact) mass is 302 g/mol. The van der Waals surface area contributed by atoms with Crippen LogP contribution in [0.1, 0.15) is 25.6 Å². The zero-order valence-electron chi connectivity index (χ0n) is 13.1. The second-order valence-corrected chi connectivity index (χ2v) is 6.56. The summed E-state index contributed by atoms with van der Waals surface area (Å²) in [6.07, 6.45) is 4.29. The molecule has 0 bridgehead atoms. The Labute approximate surface area is 128 Å². The first-order valence-electron chi connectivity index (χ1n) is 8.01. The number of aryl methyl sites for hydroxylation is 1. The Morgan fingerprint density at radius 2 is 2.18 bits per heavy atom. The maximum Gasteiger partial charge on any atom is 0.262 e. The van der Waals surface area contributed by atoms with Gasteiger partial charge < -0.3 is 4.98 Å². The summed E-state index contributed by atoms with van der Waals surface area (Å²) in [5.74, 6) is 0.729. The van der Waals surface area contributed by atoms with Gasteiger partial charge in [-0.05, 0) is 19.8 Å². The average Bonchev–Trinajstić information content (AvgIpc) is 3.26. The van der Waals surface area contributed by atoms with Gasteiger partial charge in [0.15, 0.2) is 5.65 Å². The maximum absolute atomic E-state index is 12.1. The molecule has 7 heteroatoms. The summed E-state index contributed by atoms with van der Waals surface area (Å²) in [5, 5.41) is 4.66. The summed E-state index contributed by atoms with van der Waals surface area (Å²) in [7, 11) is 1.82. The van der Waals surface area contributed by atoms with E-state index in [-0.39, 0.29) is 5.56 Å². The van der Waals surface area contributed by atoms with E-state index >= 15 is 0 Å². The van der Waals surface area contributed by atoms with Crippen molar-refractivity contribution < 1.29 is 0 Å². The van der Waals surface area contributed by atoms with E-state index in [1.165, 1.54) is 12.8 Å². The second kappa shape index (κ2) is 5.17. The van der Waals surface area contributed by atoms with Gasteiger partial charge in [0.2, 0.25) is 0 Å². The average molecular weight is 302 g/mol. The molecule has 1 atom stereocenters. The summed E-state index contributed by atoms with van der Waals surface area (Å²) < 4.78 is 1.66. The highest BCUT2D eigenvalue weighted by Gasteiger charge is 2.34. The molecule has 1 aliphatic carbocycles. The van der Waals surface area contributed by atoms with E-state index in [9.17, 15) is 4.79 Å². The molecule has 1 unspecified atom stereocenters. The number of fused-ring (bicyclic) bond motifs is 1. The Morgan fingerprint density at radius 3 is 2.91 bits per heavy atom. The van der Waals surface area contributed by atoms with Crippen molar-refractivity contribution in [1.82, 2.24) is 29.5 Å². The zero-order chi connectivity index (χ0) is 15.3. The minimum Gasteiger partial charge on any atom is -0.309 e. The molecule has 1 N–H and O–H groups in total. The topological polar surface area (TPSA) is 70.1 Å². The van der Waals surface area contributed by atoms with Crippen molar-refractivity contribution in [3.63, 3.8) is 0 Å². The first-order chi connectivity index (χ1) is 10.6. The van der Waals surface area contributed by atoms with E-state index in [4.69, 9.17) is 0 Å². The molecule has 1 saturated carbocycles. The van der Waals surface area contributed by atoms with Crippen LogP contribution in [0.2, 0.25) is 0 Å². The molecular weight excluding hydrogens is 280 g/mol. The van der Waals surface area contributed by atoms with Gasteiger partial charge in [0.25, 0.3) is 5.56 Å². The lowest BCUT2D eigenvalue weighted by Gasteiger charge is -2.39. The number of aromatic amines is 1. The number of hydrogen-bond donors (Lipinski definition) is 1. The summed E-state index contributed by atoms with van der Waals surface area (Å²) in [4.78, 5) is 24.6. The van der Waals surface area contributed by atoms with E-state index in [0.717, 1.165) is 31.5 Å². The third-order valence-electron chi connectivity index (χ3n) is 4.86. The Kier molecular flexibility index (Phi) is 3.27. The van der Waals surface area contributed by atoms with Gasteiger partial charge in [-0.2, -0.15) is 5.10 Å². The standard InChI is InChI=1S/C15H22N6O/c1-10-8-21(11-3-4-11)6-5-20(10)9-13-17-14-12(15(22)18-13)7-16-19(14)2/h7,10-11H,3-6,8-9H2,1-2H3,(H,17,18,22). The molecular formula is C15H22N6O. The molecule has 2 aromatic rings. The predicted octanol–water partition coefficient (Wildman–Crippen LogP) is 0.325.